The van der Waals surface area contributed by atoms with Crippen LogP contribution in [0.15, 0.2) is 29.3 Å². The lowest BCUT2D eigenvalue weighted by Gasteiger charge is -2.04. The highest BCUT2D eigenvalue weighted by atomic mass is 27.0. The second-order valence-corrected chi connectivity index (χ2v) is 2.77. The lowest BCUT2D eigenvalue weighted by Crippen LogP contribution is -2.05. The van der Waals surface area contributed by atoms with Crippen LogP contribution in [0.2, 0.25) is 0 Å². The van der Waals surface area contributed by atoms with Crippen molar-refractivity contribution >= 4 is 38.6 Å². The summed E-state index contributed by atoms with van der Waals surface area (Å²) in [6.07, 6.45) is 0. The molecule has 0 unspecified atom stereocenters. The Labute approximate surface area is 85.3 Å². The monoisotopic (exact) mass is 188 g/mol. The summed E-state index contributed by atoms with van der Waals surface area (Å²) in [7, 11) is 0. The smallest absolute Gasteiger partial charge is 0.221 e. The van der Waals surface area contributed by atoms with E-state index in [1.807, 2.05) is 24.3 Å². The minimum Gasteiger partial charge on any atom is -0.324 e. The number of carbonyl (C=O) groups is 1. The van der Waals surface area contributed by atoms with E-state index >= 15 is 0 Å². The predicted molar refractivity (Wildman–Crippen MR) is 54.7 cm³/mol. The molecule has 64 valence electrons. The maximum atomic E-state index is 10.8. The number of carbonyl (C=O) groups excluding carboxylic acids is 1. The third-order valence-electron chi connectivity index (χ3n) is 1.43. The summed E-state index contributed by atoms with van der Waals surface area (Å²) < 4.78 is 0. The molecule has 1 N–H and O–H groups in total. The molecule has 0 spiro atoms. The van der Waals surface area contributed by atoms with Gasteiger partial charge in [-0.1, -0.05) is 17.2 Å². The average Bonchev–Trinajstić information content (AvgIpc) is 2.08. The van der Waals surface area contributed by atoms with Crippen molar-refractivity contribution < 1.29 is 4.79 Å². The third kappa shape index (κ3) is 3.02. The van der Waals surface area contributed by atoms with Crippen molar-refractivity contribution in [2.24, 2.45) is 4.99 Å². The summed E-state index contributed by atoms with van der Waals surface area (Å²) in [6.45, 7) is 1.47. The molecule has 0 bridgehead atoms. The fraction of sp³-hybridized carbons (Fsp3) is 0.111. The highest BCUT2D eigenvalue weighted by Crippen LogP contribution is 2.23. The number of benzene rings is 1. The second-order valence-electron chi connectivity index (χ2n) is 2.48. The molecule has 1 amide bonds. The number of nitrogens with zero attached hydrogens (tertiary/aromatic N) is 1. The van der Waals surface area contributed by atoms with E-state index in [0.717, 1.165) is 11.4 Å². The largest absolute Gasteiger partial charge is 0.324 e. The first kappa shape index (κ1) is 9.98. The van der Waals surface area contributed by atoms with Gasteiger partial charge in [0.05, 0.1) is 11.4 Å². The molecule has 0 aliphatic rings. The number of amides is 1. The molecule has 0 atom stereocenters. The van der Waals surface area contributed by atoms with Crippen LogP contribution in [0.4, 0.5) is 11.4 Å². The summed E-state index contributed by atoms with van der Waals surface area (Å²) in [6, 6.07) is 7.38. The maximum Gasteiger partial charge on any atom is 0.221 e. The molecule has 0 aliphatic carbocycles. The van der Waals surface area contributed by atoms with Crippen LogP contribution in [0.3, 0.4) is 0 Å². The maximum absolute atomic E-state index is 10.8. The number of anilines is 1. The zero-order valence-corrected chi connectivity index (χ0v) is 8.47. The summed E-state index contributed by atoms with van der Waals surface area (Å²) in [5, 5.41) is 4.31. The zero-order valence-electron chi connectivity index (χ0n) is 7.32. The van der Waals surface area contributed by atoms with Gasteiger partial charge >= 0.3 is 0 Å². The van der Waals surface area contributed by atoms with Crippen LogP contribution in [0.5, 0.6) is 0 Å². The Morgan fingerprint density at radius 1 is 1.54 bits per heavy atom. The van der Waals surface area contributed by atoms with Gasteiger partial charge in [-0.25, -0.2) is 0 Å². The van der Waals surface area contributed by atoms with Crippen molar-refractivity contribution in [2.75, 3.05) is 5.32 Å². The lowest BCUT2D eigenvalue weighted by molar-refractivity contribution is -0.114. The summed E-state index contributed by atoms with van der Waals surface area (Å²) >= 11 is 2.39. The van der Waals surface area contributed by atoms with E-state index in [0.29, 0.717) is 0 Å². The van der Waals surface area contributed by atoms with Crippen LogP contribution in [-0.2, 0) is 4.79 Å². The lowest BCUT2D eigenvalue weighted by atomic mass is 10.2. The van der Waals surface area contributed by atoms with Crippen LogP contribution < -0.4 is 5.32 Å². The molecule has 1 rings (SSSR count). The molecule has 13 heavy (non-hydrogen) atoms. The molecule has 0 aromatic heterocycles. The van der Waals surface area contributed by atoms with E-state index < -0.39 is 0 Å². The Bertz CT molecular complexity index is 336. The van der Waals surface area contributed by atoms with Gasteiger partial charge in [0.1, 0.15) is 0 Å². The van der Waals surface area contributed by atoms with Gasteiger partial charge < -0.3 is 5.32 Å². The number of para-hydroxylation sites is 2. The van der Waals surface area contributed by atoms with E-state index in [1.165, 1.54) is 6.92 Å². The molecule has 1 aromatic carbocycles. The molecule has 0 saturated heterocycles. The SMILES string of the molecule is CC(=O)Nc1ccccc1N=[CH][Al]. The molecule has 0 aliphatic heterocycles. The molecule has 0 heterocycles. The van der Waals surface area contributed by atoms with E-state index in [9.17, 15) is 4.79 Å². The van der Waals surface area contributed by atoms with Crippen molar-refractivity contribution in [1.82, 2.24) is 0 Å². The van der Waals surface area contributed by atoms with Crippen LogP contribution >= 0.6 is 0 Å². The number of hydrogen-bond donors (Lipinski definition) is 1. The van der Waals surface area contributed by atoms with E-state index in [2.05, 4.69) is 26.6 Å². The van der Waals surface area contributed by atoms with Gasteiger partial charge in [0.15, 0.2) is 16.3 Å². The zero-order chi connectivity index (χ0) is 9.68. The minimum absolute atomic E-state index is 0.0913. The molecule has 0 saturated carbocycles. The molecule has 1 aromatic rings. The summed E-state index contributed by atoms with van der Waals surface area (Å²) in [5.41, 5.74) is 1.49. The molecular weight excluding hydrogens is 179 g/mol. The standard InChI is InChI=1S/C9H9N2O.Al/c1-7(12)11-9-6-4-3-5-8(9)10-2;/h2-6H,1H3,(H,11,12);. The Hall–Kier alpha value is -1.11. The van der Waals surface area contributed by atoms with E-state index in [-0.39, 0.29) is 5.91 Å². The molecule has 2 radical (unpaired) electrons. The van der Waals surface area contributed by atoms with Gasteiger partial charge in [-0.05, 0) is 12.1 Å². The van der Waals surface area contributed by atoms with Crippen LogP contribution in [0.1, 0.15) is 6.92 Å². The Morgan fingerprint density at radius 3 is 2.85 bits per heavy atom. The summed E-state index contributed by atoms with van der Waals surface area (Å²) in [5.74, 6) is -0.0913. The molecular formula is C9H9AlN2O. The van der Waals surface area contributed by atoms with Crippen LogP contribution in [-0.4, -0.2) is 27.3 Å². The van der Waals surface area contributed by atoms with E-state index in [4.69, 9.17) is 0 Å². The fourth-order valence-electron chi connectivity index (χ4n) is 0.962. The van der Waals surface area contributed by atoms with Crippen LogP contribution in [0.25, 0.3) is 0 Å². The Morgan fingerprint density at radius 2 is 2.23 bits per heavy atom. The fourth-order valence-corrected chi connectivity index (χ4v) is 1.12. The molecule has 0 fully saturated rings. The Balaban J connectivity index is 2.97. The van der Waals surface area contributed by atoms with Gasteiger partial charge in [-0.2, -0.15) is 0 Å². The van der Waals surface area contributed by atoms with Crippen LogP contribution in [0, 0.1) is 0 Å². The second kappa shape index (κ2) is 4.81. The first-order valence-electron chi connectivity index (χ1n) is 3.85. The first-order valence-corrected chi connectivity index (χ1v) is 4.51. The van der Waals surface area contributed by atoms with Crippen molar-refractivity contribution in [3.8, 4) is 0 Å². The van der Waals surface area contributed by atoms with Gasteiger partial charge in [0.2, 0.25) is 5.91 Å². The van der Waals surface area contributed by atoms with Crippen molar-refractivity contribution in [3.63, 3.8) is 0 Å². The highest BCUT2D eigenvalue weighted by molar-refractivity contribution is 6.50. The highest BCUT2D eigenvalue weighted by Gasteiger charge is 1.99. The molecule has 4 heteroatoms. The topological polar surface area (TPSA) is 41.5 Å². The molecule has 3 nitrogen and oxygen atoms in total. The van der Waals surface area contributed by atoms with Crippen molar-refractivity contribution in [2.45, 2.75) is 6.92 Å². The van der Waals surface area contributed by atoms with Gasteiger partial charge in [0, 0.05) is 6.92 Å². The third-order valence-corrected chi connectivity index (χ3v) is 1.58. The Kier molecular flexibility index (Phi) is 3.69. The van der Waals surface area contributed by atoms with Crippen molar-refractivity contribution in [3.05, 3.63) is 24.3 Å². The minimum atomic E-state index is -0.0913. The summed E-state index contributed by atoms with van der Waals surface area (Å²) in [4.78, 5) is 14.9. The van der Waals surface area contributed by atoms with E-state index in [1.54, 1.807) is 5.08 Å². The number of aliphatic imine (C=N–C) groups is 1. The van der Waals surface area contributed by atoms with Gasteiger partial charge in [0.25, 0.3) is 0 Å². The number of rotatable bonds is 2. The predicted octanol–water partition coefficient (Wildman–Crippen LogP) is 1.47. The number of nitrogens with one attached hydrogen (secondary N) is 1. The average molecular weight is 188 g/mol. The van der Waals surface area contributed by atoms with Crippen molar-refractivity contribution in [1.29, 1.82) is 0 Å². The quantitative estimate of drug-likeness (QED) is 0.554. The number of hydrogen-bond acceptors (Lipinski definition) is 2. The normalized spacial score (nSPS) is 10.2. The first-order chi connectivity index (χ1) is 6.24. The van der Waals surface area contributed by atoms with Gasteiger partial charge in [-0.3, -0.25) is 9.79 Å². The van der Waals surface area contributed by atoms with Gasteiger partial charge in [-0.15, -0.1) is 0 Å².